The summed E-state index contributed by atoms with van der Waals surface area (Å²) >= 11 is 0. The number of hydrogen-bond donors (Lipinski definition) is 2. The van der Waals surface area contributed by atoms with E-state index in [1.54, 1.807) is 18.2 Å². The number of carbonyl (C=O) groups excluding carboxylic acids is 1. The lowest BCUT2D eigenvalue weighted by atomic mass is 9.99. The molecule has 0 aromatic heterocycles. The molecule has 0 heterocycles. The van der Waals surface area contributed by atoms with Crippen molar-refractivity contribution in [3.63, 3.8) is 0 Å². The van der Waals surface area contributed by atoms with E-state index in [0.717, 1.165) is 19.3 Å². The van der Waals surface area contributed by atoms with E-state index in [4.69, 9.17) is 0 Å². The highest BCUT2D eigenvalue weighted by atomic mass is 32.2. The fourth-order valence-electron chi connectivity index (χ4n) is 2.27. The van der Waals surface area contributed by atoms with Crippen molar-refractivity contribution in [3.8, 4) is 0 Å². The molecule has 23 heavy (non-hydrogen) atoms. The average Bonchev–Trinajstić information content (AvgIpc) is 2.55. The van der Waals surface area contributed by atoms with Gasteiger partial charge in [-0.05, 0) is 24.5 Å². The first-order valence-electron chi connectivity index (χ1n) is 8.31. The Labute approximate surface area is 139 Å². The van der Waals surface area contributed by atoms with Gasteiger partial charge in [-0.2, -0.15) is 0 Å². The second-order valence-electron chi connectivity index (χ2n) is 5.68. The average molecular weight is 340 g/mol. The maximum absolute atomic E-state index is 12.0. The molecule has 130 valence electrons. The topological polar surface area (TPSA) is 75.3 Å². The van der Waals surface area contributed by atoms with Crippen molar-refractivity contribution in [2.24, 2.45) is 5.92 Å². The summed E-state index contributed by atoms with van der Waals surface area (Å²) in [6.45, 7) is 5.06. The molecule has 5 nitrogen and oxygen atoms in total. The minimum Gasteiger partial charge on any atom is -0.356 e. The van der Waals surface area contributed by atoms with Crippen LogP contribution in [0.15, 0.2) is 35.2 Å². The summed E-state index contributed by atoms with van der Waals surface area (Å²) in [6, 6.07) is 8.16. The van der Waals surface area contributed by atoms with Crippen LogP contribution >= 0.6 is 0 Å². The van der Waals surface area contributed by atoms with E-state index < -0.39 is 10.0 Å². The molecule has 0 aliphatic rings. The molecule has 1 rings (SSSR count). The predicted molar refractivity (Wildman–Crippen MR) is 92.6 cm³/mol. The number of amides is 1. The summed E-state index contributed by atoms with van der Waals surface area (Å²) in [5.74, 6) is 0.385. The van der Waals surface area contributed by atoms with Gasteiger partial charge in [0.2, 0.25) is 15.9 Å². The third-order valence-electron chi connectivity index (χ3n) is 3.83. The molecule has 0 fully saturated rings. The molecule has 1 atom stereocenters. The number of nitrogens with one attached hydrogen (secondary N) is 2. The van der Waals surface area contributed by atoms with Gasteiger partial charge in [0, 0.05) is 19.5 Å². The number of hydrogen-bond acceptors (Lipinski definition) is 3. The Morgan fingerprint density at radius 1 is 1.17 bits per heavy atom. The van der Waals surface area contributed by atoms with E-state index in [0.29, 0.717) is 12.5 Å². The Kier molecular flexibility index (Phi) is 8.87. The minimum absolute atomic E-state index is 0.106. The van der Waals surface area contributed by atoms with Crippen LogP contribution in [0.1, 0.15) is 46.0 Å². The van der Waals surface area contributed by atoms with E-state index >= 15 is 0 Å². The summed E-state index contributed by atoms with van der Waals surface area (Å²) < 4.78 is 26.5. The molecule has 6 heteroatoms. The zero-order valence-electron chi connectivity index (χ0n) is 14.0. The SMILES string of the molecule is CCCCC(CC)CNC(=O)CCNS(=O)(=O)c1ccccc1. The van der Waals surface area contributed by atoms with Crippen molar-refractivity contribution < 1.29 is 13.2 Å². The van der Waals surface area contributed by atoms with Gasteiger partial charge in [0.1, 0.15) is 0 Å². The van der Waals surface area contributed by atoms with Crippen molar-refractivity contribution in [1.29, 1.82) is 0 Å². The summed E-state index contributed by atoms with van der Waals surface area (Å²) in [7, 11) is -3.53. The highest BCUT2D eigenvalue weighted by Crippen LogP contribution is 2.11. The minimum atomic E-state index is -3.53. The molecule has 0 radical (unpaired) electrons. The standard InChI is InChI=1S/C17H28N2O3S/c1-3-5-9-15(4-2)14-18-17(20)12-13-19-23(21,22)16-10-7-6-8-11-16/h6-8,10-11,15,19H,3-5,9,12-14H2,1-2H3,(H,18,20). The van der Waals surface area contributed by atoms with E-state index in [2.05, 4.69) is 23.9 Å². The van der Waals surface area contributed by atoms with E-state index in [9.17, 15) is 13.2 Å². The maximum Gasteiger partial charge on any atom is 0.240 e. The van der Waals surface area contributed by atoms with Crippen LogP contribution in [0.4, 0.5) is 0 Å². The second kappa shape index (κ2) is 10.4. The van der Waals surface area contributed by atoms with Crippen molar-refractivity contribution in [2.45, 2.75) is 50.8 Å². The van der Waals surface area contributed by atoms with Crippen LogP contribution < -0.4 is 10.0 Å². The Balaban J connectivity index is 2.31. The smallest absolute Gasteiger partial charge is 0.240 e. The third kappa shape index (κ3) is 7.61. The Morgan fingerprint density at radius 3 is 2.48 bits per heavy atom. The van der Waals surface area contributed by atoms with Crippen LogP contribution in [-0.2, 0) is 14.8 Å². The van der Waals surface area contributed by atoms with Crippen LogP contribution in [0, 0.1) is 5.92 Å². The van der Waals surface area contributed by atoms with E-state index in [1.807, 2.05) is 0 Å². The van der Waals surface area contributed by atoms with Crippen LogP contribution in [0.2, 0.25) is 0 Å². The van der Waals surface area contributed by atoms with E-state index in [1.165, 1.54) is 18.6 Å². The molecule has 0 bridgehead atoms. The maximum atomic E-state index is 12.0. The number of unbranched alkanes of at least 4 members (excludes halogenated alkanes) is 1. The van der Waals surface area contributed by atoms with Crippen LogP contribution in [-0.4, -0.2) is 27.4 Å². The zero-order valence-corrected chi connectivity index (χ0v) is 14.9. The molecule has 0 saturated carbocycles. The molecule has 1 aromatic carbocycles. The number of sulfonamides is 1. The summed E-state index contributed by atoms with van der Waals surface area (Å²) in [5, 5.41) is 2.89. The second-order valence-corrected chi connectivity index (χ2v) is 7.45. The van der Waals surface area contributed by atoms with Gasteiger partial charge in [-0.25, -0.2) is 13.1 Å². The number of benzene rings is 1. The summed E-state index contributed by atoms with van der Waals surface area (Å²) in [4.78, 5) is 12.0. The van der Waals surface area contributed by atoms with Gasteiger partial charge in [0.15, 0.2) is 0 Å². The number of carbonyl (C=O) groups is 1. The van der Waals surface area contributed by atoms with Gasteiger partial charge in [0.05, 0.1) is 4.90 Å². The largest absolute Gasteiger partial charge is 0.356 e. The highest BCUT2D eigenvalue weighted by Gasteiger charge is 2.14. The van der Waals surface area contributed by atoms with Crippen LogP contribution in [0.25, 0.3) is 0 Å². The van der Waals surface area contributed by atoms with Crippen LogP contribution in [0.3, 0.4) is 0 Å². The summed E-state index contributed by atoms with van der Waals surface area (Å²) in [5.41, 5.74) is 0. The molecule has 0 spiro atoms. The monoisotopic (exact) mass is 340 g/mol. The molecule has 0 aliphatic heterocycles. The first-order valence-corrected chi connectivity index (χ1v) is 9.79. The van der Waals surface area contributed by atoms with Crippen molar-refractivity contribution >= 4 is 15.9 Å². The highest BCUT2D eigenvalue weighted by molar-refractivity contribution is 7.89. The molecule has 2 N–H and O–H groups in total. The molecular formula is C17H28N2O3S. The fourth-order valence-corrected chi connectivity index (χ4v) is 3.32. The molecule has 1 aromatic rings. The molecular weight excluding hydrogens is 312 g/mol. The van der Waals surface area contributed by atoms with Gasteiger partial charge >= 0.3 is 0 Å². The predicted octanol–water partition coefficient (Wildman–Crippen LogP) is 2.69. The molecule has 0 saturated heterocycles. The third-order valence-corrected chi connectivity index (χ3v) is 5.31. The summed E-state index contributed by atoms with van der Waals surface area (Å²) in [6.07, 6.45) is 4.64. The van der Waals surface area contributed by atoms with Crippen molar-refractivity contribution in [1.82, 2.24) is 10.0 Å². The van der Waals surface area contributed by atoms with E-state index in [-0.39, 0.29) is 23.8 Å². The Hall–Kier alpha value is -1.40. The Bertz CT molecular complexity index is 558. The fraction of sp³-hybridized carbons (Fsp3) is 0.588. The number of rotatable bonds is 11. The van der Waals surface area contributed by atoms with Gasteiger partial charge in [-0.1, -0.05) is 51.3 Å². The van der Waals surface area contributed by atoms with Gasteiger partial charge in [0.25, 0.3) is 0 Å². The Morgan fingerprint density at radius 2 is 1.87 bits per heavy atom. The lowest BCUT2D eigenvalue weighted by Crippen LogP contribution is -2.33. The van der Waals surface area contributed by atoms with Gasteiger partial charge in [-0.15, -0.1) is 0 Å². The normalized spacial score (nSPS) is 12.8. The van der Waals surface area contributed by atoms with Crippen molar-refractivity contribution in [3.05, 3.63) is 30.3 Å². The van der Waals surface area contributed by atoms with Gasteiger partial charge in [-0.3, -0.25) is 4.79 Å². The molecule has 1 amide bonds. The van der Waals surface area contributed by atoms with Gasteiger partial charge < -0.3 is 5.32 Å². The first kappa shape index (κ1) is 19.6. The zero-order chi connectivity index (χ0) is 17.1. The van der Waals surface area contributed by atoms with Crippen LogP contribution in [0.5, 0.6) is 0 Å². The quantitative estimate of drug-likeness (QED) is 0.650. The molecule has 0 aliphatic carbocycles. The molecule has 1 unspecified atom stereocenters. The first-order chi connectivity index (χ1) is 11.0. The lowest BCUT2D eigenvalue weighted by molar-refractivity contribution is -0.121. The van der Waals surface area contributed by atoms with Crippen molar-refractivity contribution in [2.75, 3.05) is 13.1 Å². The lowest BCUT2D eigenvalue weighted by Gasteiger charge is -2.15.